The molecule has 0 bridgehead atoms. The number of carbonyl (C=O) groups is 3. The highest BCUT2D eigenvalue weighted by atomic mass is 16.4. The number of aliphatic carboxylic acids is 1. The van der Waals surface area contributed by atoms with Crippen LogP contribution < -0.4 is 5.32 Å². The quantitative estimate of drug-likeness (QED) is 0.759. The van der Waals surface area contributed by atoms with Crippen molar-refractivity contribution in [2.45, 2.75) is 32.7 Å². The molecule has 1 heterocycles. The summed E-state index contributed by atoms with van der Waals surface area (Å²) in [4.78, 5) is 36.9. The number of nitrogens with zero attached hydrogens (tertiary/aromatic N) is 1. The van der Waals surface area contributed by atoms with Crippen molar-refractivity contribution >= 4 is 17.8 Å². The molecular formula is C13H20N2O4. The molecule has 1 aliphatic heterocycles. The first-order valence-electron chi connectivity index (χ1n) is 6.57. The summed E-state index contributed by atoms with van der Waals surface area (Å²) in [6, 6.07) is -0.441. The zero-order chi connectivity index (χ0) is 14.4. The van der Waals surface area contributed by atoms with Gasteiger partial charge in [0, 0.05) is 13.6 Å². The Bertz CT molecular complexity index is 432. The van der Waals surface area contributed by atoms with Gasteiger partial charge in [-0.15, -0.1) is 0 Å². The summed E-state index contributed by atoms with van der Waals surface area (Å²) in [6.45, 7) is 4.12. The van der Waals surface area contributed by atoms with Crippen LogP contribution in [0.25, 0.3) is 0 Å². The van der Waals surface area contributed by atoms with E-state index in [0.717, 1.165) is 6.42 Å². The van der Waals surface area contributed by atoms with Gasteiger partial charge in [0.1, 0.15) is 6.04 Å². The maximum atomic E-state index is 12.5. The summed E-state index contributed by atoms with van der Waals surface area (Å²) in [6.07, 6.45) is 1.44. The minimum atomic E-state index is -0.931. The van der Waals surface area contributed by atoms with Gasteiger partial charge in [-0.1, -0.05) is 13.8 Å². The average molecular weight is 268 g/mol. The minimum absolute atomic E-state index is 0.170. The van der Waals surface area contributed by atoms with Crippen molar-refractivity contribution in [1.82, 2.24) is 10.2 Å². The van der Waals surface area contributed by atoms with Crippen LogP contribution in [0.3, 0.4) is 0 Å². The summed E-state index contributed by atoms with van der Waals surface area (Å²) >= 11 is 0. The van der Waals surface area contributed by atoms with Crippen molar-refractivity contribution in [3.8, 4) is 0 Å². The van der Waals surface area contributed by atoms with Gasteiger partial charge < -0.3 is 15.3 Å². The lowest BCUT2D eigenvalue weighted by Crippen LogP contribution is -2.46. The summed E-state index contributed by atoms with van der Waals surface area (Å²) in [5.74, 6) is -2.43. The van der Waals surface area contributed by atoms with Crippen LogP contribution >= 0.6 is 0 Å². The number of hydrogen-bond donors (Lipinski definition) is 2. The van der Waals surface area contributed by atoms with Gasteiger partial charge in [-0.3, -0.25) is 14.4 Å². The molecule has 0 aromatic rings. The standard InChI is InChI=1S/C13H20N2O4/c1-13(2)8(9(13)12(18)19)11(17)15-6-4-5-7(15)10(16)14-3/h7-9H,4-6H2,1-3H3,(H,14,16)(H,18,19). The Morgan fingerprint density at radius 3 is 2.37 bits per heavy atom. The number of likely N-dealkylation sites (N-methyl/N-ethyl adjacent to an activating group) is 1. The van der Waals surface area contributed by atoms with E-state index in [1.165, 1.54) is 0 Å². The van der Waals surface area contributed by atoms with Crippen LogP contribution in [0, 0.1) is 17.3 Å². The molecule has 3 unspecified atom stereocenters. The smallest absolute Gasteiger partial charge is 0.307 e. The van der Waals surface area contributed by atoms with Crippen molar-refractivity contribution in [3.05, 3.63) is 0 Å². The monoisotopic (exact) mass is 268 g/mol. The Morgan fingerprint density at radius 1 is 1.26 bits per heavy atom. The fourth-order valence-electron chi connectivity index (χ4n) is 3.21. The lowest BCUT2D eigenvalue weighted by atomic mass is 10.1. The van der Waals surface area contributed by atoms with Crippen LogP contribution in [0.15, 0.2) is 0 Å². The second kappa shape index (κ2) is 4.51. The van der Waals surface area contributed by atoms with Gasteiger partial charge in [-0.25, -0.2) is 0 Å². The fourth-order valence-corrected chi connectivity index (χ4v) is 3.21. The molecule has 3 atom stereocenters. The van der Waals surface area contributed by atoms with E-state index in [1.54, 1.807) is 25.8 Å². The number of carboxylic acid groups (broad SMARTS) is 1. The Labute approximate surface area is 112 Å². The molecule has 106 valence electrons. The van der Waals surface area contributed by atoms with E-state index in [2.05, 4.69) is 5.32 Å². The summed E-state index contributed by atoms with van der Waals surface area (Å²) in [5.41, 5.74) is -0.515. The van der Waals surface area contributed by atoms with Gasteiger partial charge in [0.25, 0.3) is 0 Å². The SMILES string of the molecule is CNC(=O)C1CCCN1C(=O)C1C(C(=O)O)C1(C)C. The zero-order valence-corrected chi connectivity index (χ0v) is 11.5. The summed E-state index contributed by atoms with van der Waals surface area (Å²) in [5, 5.41) is 11.7. The van der Waals surface area contributed by atoms with Crippen LogP contribution in [0.1, 0.15) is 26.7 Å². The maximum absolute atomic E-state index is 12.5. The predicted molar refractivity (Wildman–Crippen MR) is 67.2 cm³/mol. The van der Waals surface area contributed by atoms with E-state index in [0.29, 0.717) is 13.0 Å². The van der Waals surface area contributed by atoms with Gasteiger partial charge in [0.2, 0.25) is 11.8 Å². The molecule has 1 saturated heterocycles. The highest BCUT2D eigenvalue weighted by Gasteiger charge is 2.67. The molecule has 2 amide bonds. The topological polar surface area (TPSA) is 86.7 Å². The third kappa shape index (κ3) is 2.09. The molecule has 2 aliphatic rings. The third-order valence-electron chi connectivity index (χ3n) is 4.44. The van der Waals surface area contributed by atoms with Gasteiger partial charge >= 0.3 is 5.97 Å². The van der Waals surface area contributed by atoms with Gasteiger partial charge in [-0.2, -0.15) is 0 Å². The number of rotatable bonds is 3. The highest BCUT2D eigenvalue weighted by Crippen LogP contribution is 2.59. The fraction of sp³-hybridized carbons (Fsp3) is 0.769. The van der Waals surface area contributed by atoms with Gasteiger partial charge in [0.15, 0.2) is 0 Å². The molecule has 0 aromatic carbocycles. The van der Waals surface area contributed by atoms with E-state index in [4.69, 9.17) is 5.11 Å². The van der Waals surface area contributed by atoms with E-state index in [-0.39, 0.29) is 11.8 Å². The largest absolute Gasteiger partial charge is 0.481 e. The molecule has 0 spiro atoms. The summed E-state index contributed by atoms with van der Waals surface area (Å²) in [7, 11) is 1.55. The first-order valence-corrected chi connectivity index (χ1v) is 6.57. The number of carbonyl (C=O) groups excluding carboxylic acids is 2. The molecule has 6 nitrogen and oxygen atoms in total. The third-order valence-corrected chi connectivity index (χ3v) is 4.44. The first-order chi connectivity index (χ1) is 8.82. The normalized spacial score (nSPS) is 31.9. The molecular weight excluding hydrogens is 248 g/mol. The molecule has 2 fully saturated rings. The molecule has 2 N–H and O–H groups in total. The van der Waals surface area contributed by atoms with Crippen molar-refractivity contribution in [2.75, 3.05) is 13.6 Å². The maximum Gasteiger partial charge on any atom is 0.307 e. The van der Waals surface area contributed by atoms with Crippen molar-refractivity contribution in [1.29, 1.82) is 0 Å². The van der Waals surface area contributed by atoms with E-state index >= 15 is 0 Å². The van der Waals surface area contributed by atoms with Crippen molar-refractivity contribution in [3.63, 3.8) is 0 Å². The lowest BCUT2D eigenvalue weighted by Gasteiger charge is -2.24. The summed E-state index contributed by atoms with van der Waals surface area (Å²) < 4.78 is 0. The predicted octanol–water partition coefficient (Wildman–Crippen LogP) is 0.0802. The number of nitrogens with one attached hydrogen (secondary N) is 1. The lowest BCUT2D eigenvalue weighted by molar-refractivity contribution is -0.143. The molecule has 0 aromatic heterocycles. The van der Waals surface area contributed by atoms with E-state index in [1.807, 2.05) is 0 Å². The molecule has 1 saturated carbocycles. The second-order valence-electron chi connectivity index (χ2n) is 5.92. The molecule has 6 heteroatoms. The zero-order valence-electron chi connectivity index (χ0n) is 11.5. The van der Waals surface area contributed by atoms with Crippen LogP contribution in [-0.4, -0.2) is 47.4 Å². The molecule has 19 heavy (non-hydrogen) atoms. The van der Waals surface area contributed by atoms with E-state index in [9.17, 15) is 14.4 Å². The molecule has 0 radical (unpaired) electrons. The molecule has 2 rings (SSSR count). The Balaban J connectivity index is 2.13. The second-order valence-corrected chi connectivity index (χ2v) is 5.92. The Morgan fingerprint density at radius 2 is 1.89 bits per heavy atom. The van der Waals surface area contributed by atoms with Crippen LogP contribution in [0.4, 0.5) is 0 Å². The number of amides is 2. The van der Waals surface area contributed by atoms with Crippen molar-refractivity contribution < 1.29 is 19.5 Å². The molecule has 1 aliphatic carbocycles. The van der Waals surface area contributed by atoms with Crippen molar-refractivity contribution in [2.24, 2.45) is 17.3 Å². The minimum Gasteiger partial charge on any atom is -0.481 e. The van der Waals surface area contributed by atoms with E-state index < -0.39 is 29.3 Å². The van der Waals surface area contributed by atoms with Gasteiger partial charge in [0.05, 0.1) is 11.8 Å². The Hall–Kier alpha value is -1.59. The van der Waals surface area contributed by atoms with Crippen LogP contribution in [-0.2, 0) is 14.4 Å². The first kappa shape index (κ1) is 13.8. The van der Waals surface area contributed by atoms with Crippen LogP contribution in [0.5, 0.6) is 0 Å². The highest BCUT2D eigenvalue weighted by molar-refractivity contribution is 5.95. The van der Waals surface area contributed by atoms with Gasteiger partial charge in [-0.05, 0) is 18.3 Å². The number of hydrogen-bond acceptors (Lipinski definition) is 3. The number of carboxylic acids is 1. The van der Waals surface area contributed by atoms with Crippen LogP contribution in [0.2, 0.25) is 0 Å². The average Bonchev–Trinajstić information content (AvgIpc) is 2.75. The number of likely N-dealkylation sites (tertiary alicyclic amines) is 1. The Kier molecular flexibility index (Phi) is 3.28.